The smallest absolute Gasteiger partial charge is 0.248 e. The Bertz CT molecular complexity index is 808. The lowest BCUT2D eigenvalue weighted by Crippen LogP contribution is -2.44. The van der Waals surface area contributed by atoms with Gasteiger partial charge in [-0.15, -0.1) is 10.2 Å². The van der Waals surface area contributed by atoms with Crippen molar-refractivity contribution in [2.75, 3.05) is 5.32 Å². The molecule has 2 amide bonds. The van der Waals surface area contributed by atoms with E-state index in [2.05, 4.69) is 34.7 Å². The summed E-state index contributed by atoms with van der Waals surface area (Å²) in [6.07, 6.45) is 2.14. The van der Waals surface area contributed by atoms with Crippen LogP contribution in [0.4, 0.5) is 13.9 Å². The van der Waals surface area contributed by atoms with Gasteiger partial charge in [-0.25, -0.2) is 8.78 Å². The first-order valence-electron chi connectivity index (χ1n) is 9.20. The minimum absolute atomic E-state index is 0.198. The molecular weight excluding hydrogens is 386 g/mol. The predicted molar refractivity (Wildman–Crippen MR) is 104 cm³/mol. The zero-order chi connectivity index (χ0) is 20.7. The number of amides is 2. The molecular formula is C19H24F2N4O2S. The van der Waals surface area contributed by atoms with Crippen molar-refractivity contribution in [2.45, 2.75) is 58.4 Å². The second-order valence-electron chi connectivity index (χ2n) is 6.61. The van der Waals surface area contributed by atoms with Crippen molar-refractivity contribution in [3.05, 3.63) is 40.4 Å². The zero-order valence-corrected chi connectivity index (χ0v) is 16.9. The molecule has 0 bridgehead atoms. The van der Waals surface area contributed by atoms with E-state index in [1.807, 2.05) is 0 Å². The Balaban J connectivity index is 1.94. The Morgan fingerprint density at radius 1 is 1.14 bits per heavy atom. The molecule has 2 atom stereocenters. The first kappa shape index (κ1) is 21.9. The van der Waals surface area contributed by atoms with Crippen LogP contribution in [-0.4, -0.2) is 28.1 Å². The molecule has 2 unspecified atom stereocenters. The number of anilines is 1. The van der Waals surface area contributed by atoms with Crippen molar-refractivity contribution < 1.29 is 18.4 Å². The number of hydrogen-bond donors (Lipinski definition) is 2. The van der Waals surface area contributed by atoms with Crippen molar-refractivity contribution in [2.24, 2.45) is 0 Å². The molecule has 0 saturated heterocycles. The van der Waals surface area contributed by atoms with E-state index in [0.717, 1.165) is 36.0 Å². The van der Waals surface area contributed by atoms with Gasteiger partial charge in [-0.1, -0.05) is 38.5 Å². The van der Waals surface area contributed by atoms with Gasteiger partial charge in [0.2, 0.25) is 16.9 Å². The highest BCUT2D eigenvalue weighted by atomic mass is 32.1. The molecule has 152 valence electrons. The van der Waals surface area contributed by atoms with E-state index < -0.39 is 29.5 Å². The molecule has 0 spiro atoms. The topological polar surface area (TPSA) is 84.0 Å². The van der Waals surface area contributed by atoms with Crippen LogP contribution in [0.2, 0.25) is 0 Å². The molecule has 0 aliphatic rings. The molecule has 2 rings (SSSR count). The molecule has 0 saturated carbocycles. The Kier molecular flexibility index (Phi) is 7.98. The summed E-state index contributed by atoms with van der Waals surface area (Å²) in [4.78, 5) is 24.6. The summed E-state index contributed by atoms with van der Waals surface area (Å²) in [6, 6.07) is 2.13. The Morgan fingerprint density at radius 3 is 2.43 bits per heavy atom. The van der Waals surface area contributed by atoms with Crippen molar-refractivity contribution in [1.29, 1.82) is 0 Å². The number of hydrogen-bond acceptors (Lipinski definition) is 5. The number of benzene rings is 1. The maximum Gasteiger partial charge on any atom is 0.248 e. The van der Waals surface area contributed by atoms with E-state index >= 15 is 0 Å². The van der Waals surface area contributed by atoms with E-state index in [9.17, 15) is 18.4 Å². The summed E-state index contributed by atoms with van der Waals surface area (Å²) < 4.78 is 26.5. The van der Waals surface area contributed by atoms with E-state index in [4.69, 9.17) is 0 Å². The standard InChI is InChI=1S/C19H24F2N4O2S/c1-4-6-11(3)18-24-25-19(28-18)23-17(27)15(5-2)22-16(26)9-12-7-13(20)10-14(21)8-12/h7-8,10-11,15H,4-6,9H2,1-3H3,(H,22,26)(H,23,25,27). The number of carbonyl (C=O) groups excluding carboxylic acids is 2. The predicted octanol–water partition coefficient (Wildman–Crippen LogP) is 3.80. The molecule has 0 fully saturated rings. The Hall–Kier alpha value is -2.42. The minimum atomic E-state index is -0.786. The number of nitrogens with zero attached hydrogens (tertiary/aromatic N) is 2. The van der Waals surface area contributed by atoms with Crippen LogP contribution in [0.15, 0.2) is 18.2 Å². The molecule has 28 heavy (non-hydrogen) atoms. The summed E-state index contributed by atoms with van der Waals surface area (Å²) in [6.45, 7) is 5.90. The van der Waals surface area contributed by atoms with Crippen LogP contribution in [0.3, 0.4) is 0 Å². The van der Waals surface area contributed by atoms with Gasteiger partial charge in [-0.05, 0) is 30.5 Å². The van der Waals surface area contributed by atoms with Gasteiger partial charge in [0, 0.05) is 12.0 Å². The van der Waals surface area contributed by atoms with E-state index in [1.54, 1.807) is 6.92 Å². The molecule has 0 aliphatic carbocycles. The maximum atomic E-state index is 13.2. The summed E-state index contributed by atoms with van der Waals surface area (Å²) in [5.74, 6) is -2.15. The van der Waals surface area contributed by atoms with Gasteiger partial charge >= 0.3 is 0 Å². The molecule has 1 heterocycles. The average molecular weight is 410 g/mol. The fourth-order valence-corrected chi connectivity index (χ4v) is 3.56. The third-order valence-electron chi connectivity index (χ3n) is 4.16. The summed E-state index contributed by atoms with van der Waals surface area (Å²) >= 11 is 1.31. The molecule has 1 aromatic carbocycles. The first-order valence-corrected chi connectivity index (χ1v) is 10.0. The highest BCUT2D eigenvalue weighted by Gasteiger charge is 2.21. The van der Waals surface area contributed by atoms with Crippen molar-refractivity contribution in [3.63, 3.8) is 0 Å². The molecule has 9 heteroatoms. The third-order valence-corrected chi connectivity index (χ3v) is 5.23. The Labute approximate surface area is 166 Å². The second-order valence-corrected chi connectivity index (χ2v) is 7.62. The minimum Gasteiger partial charge on any atom is -0.344 e. The van der Waals surface area contributed by atoms with Gasteiger partial charge in [0.15, 0.2) is 0 Å². The quantitative estimate of drug-likeness (QED) is 0.659. The largest absolute Gasteiger partial charge is 0.344 e. The molecule has 2 aromatic rings. The first-order chi connectivity index (χ1) is 13.3. The van der Waals surface area contributed by atoms with Crippen LogP contribution in [-0.2, 0) is 16.0 Å². The highest BCUT2D eigenvalue weighted by molar-refractivity contribution is 7.15. The Morgan fingerprint density at radius 2 is 1.82 bits per heavy atom. The zero-order valence-electron chi connectivity index (χ0n) is 16.1. The average Bonchev–Trinajstić information content (AvgIpc) is 3.07. The van der Waals surface area contributed by atoms with Crippen molar-refractivity contribution in [3.8, 4) is 0 Å². The third kappa shape index (κ3) is 6.33. The number of rotatable bonds is 9. The molecule has 1 aromatic heterocycles. The van der Waals surface area contributed by atoms with Crippen LogP contribution in [0.5, 0.6) is 0 Å². The van der Waals surface area contributed by atoms with Crippen LogP contribution in [0.1, 0.15) is 56.5 Å². The SMILES string of the molecule is CCCC(C)c1nnc(NC(=O)C(CC)NC(=O)Cc2cc(F)cc(F)c2)s1. The maximum absolute atomic E-state index is 13.2. The van der Waals surface area contributed by atoms with Crippen molar-refractivity contribution in [1.82, 2.24) is 15.5 Å². The van der Waals surface area contributed by atoms with E-state index in [-0.39, 0.29) is 17.9 Å². The van der Waals surface area contributed by atoms with Gasteiger partial charge in [-0.2, -0.15) is 0 Å². The monoisotopic (exact) mass is 410 g/mol. The van der Waals surface area contributed by atoms with Gasteiger partial charge in [0.25, 0.3) is 0 Å². The lowest BCUT2D eigenvalue weighted by atomic mass is 10.1. The second kappa shape index (κ2) is 10.2. The number of halogens is 2. The highest BCUT2D eigenvalue weighted by Crippen LogP contribution is 2.26. The molecule has 0 radical (unpaired) electrons. The van der Waals surface area contributed by atoms with E-state index in [1.165, 1.54) is 11.3 Å². The summed E-state index contributed by atoms with van der Waals surface area (Å²) in [5, 5.41) is 14.6. The van der Waals surface area contributed by atoms with Crippen LogP contribution in [0.25, 0.3) is 0 Å². The van der Waals surface area contributed by atoms with E-state index in [0.29, 0.717) is 11.6 Å². The lowest BCUT2D eigenvalue weighted by molar-refractivity contribution is -0.126. The van der Waals surface area contributed by atoms with Crippen LogP contribution in [0, 0.1) is 11.6 Å². The fraction of sp³-hybridized carbons (Fsp3) is 0.474. The van der Waals surface area contributed by atoms with Gasteiger partial charge in [-0.3, -0.25) is 14.9 Å². The number of aromatic nitrogens is 2. The van der Waals surface area contributed by atoms with Crippen LogP contribution < -0.4 is 10.6 Å². The van der Waals surface area contributed by atoms with Gasteiger partial charge < -0.3 is 5.32 Å². The number of carbonyl (C=O) groups is 2. The normalized spacial score (nSPS) is 13.0. The summed E-state index contributed by atoms with van der Waals surface area (Å²) in [7, 11) is 0. The molecule has 2 N–H and O–H groups in total. The van der Waals surface area contributed by atoms with Crippen molar-refractivity contribution >= 4 is 28.3 Å². The number of nitrogens with one attached hydrogen (secondary N) is 2. The summed E-state index contributed by atoms with van der Waals surface area (Å²) in [5.41, 5.74) is 0.198. The molecule has 6 nitrogen and oxygen atoms in total. The lowest BCUT2D eigenvalue weighted by Gasteiger charge is -2.15. The fourth-order valence-electron chi connectivity index (χ4n) is 2.73. The molecule has 0 aliphatic heterocycles. The van der Waals surface area contributed by atoms with Crippen LogP contribution >= 0.6 is 11.3 Å². The van der Waals surface area contributed by atoms with Gasteiger partial charge in [0.1, 0.15) is 22.7 Å². The van der Waals surface area contributed by atoms with Gasteiger partial charge in [0.05, 0.1) is 6.42 Å².